The van der Waals surface area contributed by atoms with Crippen LogP contribution in [0.2, 0.25) is 0 Å². The smallest absolute Gasteiger partial charge is 0.416 e. The summed E-state index contributed by atoms with van der Waals surface area (Å²) in [6.45, 7) is 2.32. The molecule has 0 radical (unpaired) electrons. The Hall–Kier alpha value is -3.27. The van der Waals surface area contributed by atoms with E-state index in [2.05, 4.69) is 15.0 Å². The first-order valence-corrected chi connectivity index (χ1v) is 9.92. The second-order valence-corrected chi connectivity index (χ2v) is 7.72. The molecule has 1 N–H and O–H groups in total. The number of halogens is 3. The Labute approximate surface area is 182 Å². The summed E-state index contributed by atoms with van der Waals surface area (Å²) in [5, 5.41) is 0.245. The third kappa shape index (κ3) is 5.50. The van der Waals surface area contributed by atoms with Gasteiger partial charge in [-0.2, -0.15) is 13.2 Å². The Balaban J connectivity index is 2.00. The van der Waals surface area contributed by atoms with E-state index < -0.39 is 17.3 Å². The molecule has 10 heteroatoms. The molecule has 1 atom stereocenters. The van der Waals surface area contributed by atoms with Gasteiger partial charge in [0, 0.05) is 19.2 Å². The predicted octanol–water partition coefficient (Wildman–Crippen LogP) is 3.60. The number of likely N-dealkylation sites (N-methyl/N-ethyl adjacent to an activating group) is 1. The number of alkyl halides is 3. The summed E-state index contributed by atoms with van der Waals surface area (Å²) in [5.41, 5.74) is -0.524. The number of ether oxygens (including phenoxy) is 1. The van der Waals surface area contributed by atoms with Crippen LogP contribution in [0.15, 0.2) is 35.3 Å². The van der Waals surface area contributed by atoms with Crippen molar-refractivity contribution in [2.45, 2.75) is 32.0 Å². The van der Waals surface area contributed by atoms with Crippen molar-refractivity contribution in [1.29, 1.82) is 0 Å². The number of H-pyrrole nitrogens is 1. The predicted molar refractivity (Wildman–Crippen MR) is 114 cm³/mol. The van der Waals surface area contributed by atoms with Gasteiger partial charge in [-0.15, -0.1) is 0 Å². The van der Waals surface area contributed by atoms with E-state index >= 15 is 0 Å². The molecule has 0 saturated carbocycles. The molecular formula is C22H23F3N4O3. The number of nitrogens with one attached hydrogen (secondary N) is 1. The van der Waals surface area contributed by atoms with Crippen molar-refractivity contribution in [1.82, 2.24) is 19.9 Å². The molecule has 32 heavy (non-hydrogen) atoms. The van der Waals surface area contributed by atoms with E-state index in [9.17, 15) is 22.8 Å². The van der Waals surface area contributed by atoms with Gasteiger partial charge in [0.2, 0.25) is 0 Å². The molecule has 0 spiro atoms. The summed E-state index contributed by atoms with van der Waals surface area (Å²) in [5.74, 6) is 0.395. The molecule has 3 rings (SSSR count). The Morgan fingerprint density at radius 3 is 2.66 bits per heavy atom. The van der Waals surface area contributed by atoms with Gasteiger partial charge in [-0.25, -0.2) is 4.98 Å². The van der Waals surface area contributed by atoms with Crippen molar-refractivity contribution in [3.63, 3.8) is 0 Å². The third-order valence-electron chi connectivity index (χ3n) is 4.78. The van der Waals surface area contributed by atoms with Gasteiger partial charge in [-0.1, -0.05) is 0 Å². The van der Waals surface area contributed by atoms with Gasteiger partial charge in [0.1, 0.15) is 23.8 Å². The molecule has 0 bridgehead atoms. The van der Waals surface area contributed by atoms with E-state index in [-0.39, 0.29) is 23.0 Å². The number of aromatic nitrogens is 3. The first kappa shape index (κ1) is 23.4. The van der Waals surface area contributed by atoms with Crippen LogP contribution in [0.5, 0.6) is 5.75 Å². The minimum atomic E-state index is -4.54. The molecule has 1 unspecified atom stereocenters. The monoisotopic (exact) mass is 448 g/mol. The van der Waals surface area contributed by atoms with Crippen molar-refractivity contribution in [3.8, 4) is 17.3 Å². The fraction of sp³-hybridized carbons (Fsp3) is 0.364. The van der Waals surface area contributed by atoms with E-state index in [0.29, 0.717) is 36.2 Å². The van der Waals surface area contributed by atoms with Crippen LogP contribution in [0.4, 0.5) is 13.2 Å². The lowest BCUT2D eigenvalue weighted by atomic mass is 10.1. The number of pyridine rings is 1. The molecule has 3 aromatic rings. The summed E-state index contributed by atoms with van der Waals surface area (Å²) in [7, 11) is 3.78. The molecule has 1 aromatic carbocycles. The molecule has 0 saturated heterocycles. The number of rotatable bonds is 8. The van der Waals surface area contributed by atoms with E-state index in [4.69, 9.17) is 4.74 Å². The van der Waals surface area contributed by atoms with E-state index in [1.54, 1.807) is 19.1 Å². The summed E-state index contributed by atoms with van der Waals surface area (Å²) in [6.07, 6.45) is -2.07. The highest BCUT2D eigenvalue weighted by Crippen LogP contribution is 2.31. The Kier molecular flexibility index (Phi) is 6.93. The fourth-order valence-electron chi connectivity index (χ4n) is 3.35. The SMILES string of the molecule is Cc1cc(OC(CCC=O)CN(C)C)cc2c(=O)[nH]c(-c3cc(C(F)(F)F)ccn3)nc12. The van der Waals surface area contributed by atoms with Crippen LogP contribution >= 0.6 is 0 Å². The molecule has 0 aliphatic heterocycles. The molecule has 0 amide bonds. The van der Waals surface area contributed by atoms with Crippen LogP contribution < -0.4 is 10.3 Å². The Morgan fingerprint density at radius 2 is 2.00 bits per heavy atom. The van der Waals surface area contributed by atoms with Crippen molar-refractivity contribution < 1.29 is 22.7 Å². The van der Waals surface area contributed by atoms with E-state index in [1.807, 2.05) is 19.0 Å². The second-order valence-electron chi connectivity index (χ2n) is 7.72. The minimum absolute atomic E-state index is 0.0539. The Morgan fingerprint density at radius 1 is 1.25 bits per heavy atom. The number of aldehydes is 1. The number of fused-ring (bicyclic) bond motifs is 1. The molecule has 0 fully saturated rings. The topological polar surface area (TPSA) is 88.2 Å². The first-order valence-electron chi connectivity index (χ1n) is 9.92. The normalized spacial score (nSPS) is 12.8. The van der Waals surface area contributed by atoms with Crippen molar-refractivity contribution in [2.75, 3.05) is 20.6 Å². The van der Waals surface area contributed by atoms with Crippen LogP contribution in [-0.2, 0) is 11.0 Å². The lowest BCUT2D eigenvalue weighted by Gasteiger charge is -2.22. The lowest BCUT2D eigenvalue weighted by Crippen LogP contribution is -2.31. The van der Waals surface area contributed by atoms with Crippen molar-refractivity contribution in [2.24, 2.45) is 0 Å². The van der Waals surface area contributed by atoms with Crippen molar-refractivity contribution >= 4 is 17.2 Å². The first-order chi connectivity index (χ1) is 15.1. The number of aryl methyl sites for hydroxylation is 1. The number of nitrogens with zero attached hydrogens (tertiary/aromatic N) is 3. The number of hydrogen-bond donors (Lipinski definition) is 1. The molecule has 7 nitrogen and oxygen atoms in total. The molecule has 0 aliphatic rings. The molecule has 2 aromatic heterocycles. The van der Waals surface area contributed by atoms with Crippen LogP contribution in [0.1, 0.15) is 24.0 Å². The maximum absolute atomic E-state index is 13.0. The summed E-state index contributed by atoms with van der Waals surface area (Å²) in [6, 6.07) is 4.95. The Bertz CT molecular complexity index is 1180. The van der Waals surface area contributed by atoms with Gasteiger partial charge in [0.05, 0.1) is 16.5 Å². The highest BCUT2D eigenvalue weighted by atomic mass is 19.4. The van der Waals surface area contributed by atoms with Crippen LogP contribution in [0, 0.1) is 6.92 Å². The average molecular weight is 448 g/mol. The summed E-state index contributed by atoms with van der Waals surface area (Å²) < 4.78 is 45.1. The van der Waals surface area contributed by atoms with Gasteiger partial charge in [0.15, 0.2) is 5.82 Å². The zero-order valence-corrected chi connectivity index (χ0v) is 17.9. The number of carbonyl (C=O) groups excluding carboxylic acids is 1. The summed E-state index contributed by atoms with van der Waals surface area (Å²) >= 11 is 0. The van der Waals surface area contributed by atoms with Crippen LogP contribution in [-0.4, -0.2) is 52.9 Å². The minimum Gasteiger partial charge on any atom is -0.489 e. The zero-order chi connectivity index (χ0) is 23.5. The largest absolute Gasteiger partial charge is 0.489 e. The zero-order valence-electron chi connectivity index (χ0n) is 17.9. The third-order valence-corrected chi connectivity index (χ3v) is 4.78. The summed E-state index contributed by atoms with van der Waals surface area (Å²) in [4.78, 5) is 36.2. The fourth-order valence-corrected chi connectivity index (χ4v) is 3.35. The molecule has 0 aliphatic carbocycles. The van der Waals surface area contributed by atoms with E-state index in [0.717, 1.165) is 24.6 Å². The van der Waals surface area contributed by atoms with Gasteiger partial charge >= 0.3 is 6.18 Å². The van der Waals surface area contributed by atoms with Gasteiger partial charge < -0.3 is 19.4 Å². The number of benzene rings is 1. The second kappa shape index (κ2) is 9.47. The maximum Gasteiger partial charge on any atom is 0.416 e. The average Bonchev–Trinajstić information content (AvgIpc) is 2.71. The molecular weight excluding hydrogens is 425 g/mol. The number of aromatic amines is 1. The maximum atomic E-state index is 13.0. The lowest BCUT2D eigenvalue weighted by molar-refractivity contribution is -0.137. The van der Waals surface area contributed by atoms with Crippen LogP contribution in [0.3, 0.4) is 0 Å². The van der Waals surface area contributed by atoms with E-state index in [1.165, 1.54) is 0 Å². The molecule has 2 heterocycles. The van der Waals surface area contributed by atoms with Crippen LogP contribution in [0.25, 0.3) is 22.4 Å². The van der Waals surface area contributed by atoms with Gasteiger partial charge in [-0.3, -0.25) is 9.78 Å². The number of carbonyl (C=O) groups is 1. The molecule has 170 valence electrons. The number of hydrogen-bond acceptors (Lipinski definition) is 6. The van der Waals surface area contributed by atoms with Gasteiger partial charge in [-0.05, 0) is 57.3 Å². The highest BCUT2D eigenvalue weighted by Gasteiger charge is 2.31. The quantitative estimate of drug-likeness (QED) is 0.530. The standard InChI is InChI=1S/C22H23F3N4O3/c1-13-9-16(32-15(5-4-8-30)12-29(2)3)11-17-19(13)27-20(28-21(17)31)18-10-14(6-7-26-18)22(23,24)25/h6-11,15H,4-5,12H2,1-3H3,(H,27,28,31). The van der Waals surface area contributed by atoms with Gasteiger partial charge in [0.25, 0.3) is 5.56 Å². The highest BCUT2D eigenvalue weighted by molar-refractivity contribution is 5.83. The van der Waals surface area contributed by atoms with Crippen molar-refractivity contribution in [3.05, 3.63) is 51.9 Å².